The first-order valence-corrected chi connectivity index (χ1v) is 7.58. The van der Waals surface area contributed by atoms with E-state index in [2.05, 4.69) is 15.0 Å². The van der Waals surface area contributed by atoms with Gasteiger partial charge >= 0.3 is 0 Å². The van der Waals surface area contributed by atoms with Crippen LogP contribution in [0.1, 0.15) is 29.6 Å². The number of carbonyl (C=O) groups excluding carboxylic acids is 1. The molecule has 0 saturated carbocycles. The number of H-pyrrole nitrogens is 1. The van der Waals surface area contributed by atoms with E-state index in [1.807, 2.05) is 34.0 Å². The average Bonchev–Trinajstić information content (AvgIpc) is 3.23. The van der Waals surface area contributed by atoms with Crippen molar-refractivity contribution in [2.24, 2.45) is 0 Å². The van der Waals surface area contributed by atoms with Crippen LogP contribution in [0.5, 0.6) is 0 Å². The minimum Gasteiger partial charge on any atom is -0.349 e. The van der Waals surface area contributed by atoms with E-state index in [1.165, 1.54) is 6.42 Å². The Morgan fingerprint density at radius 1 is 1.18 bits per heavy atom. The van der Waals surface area contributed by atoms with Crippen molar-refractivity contribution in [1.82, 2.24) is 24.4 Å². The number of nitrogens with zero attached hydrogens (tertiary/aromatic N) is 4. The standard InChI is InChI=1S/C16H17N5O/c22-16(20-5-2-1-3-6-20)13-8-12-4-7-21(15(12)18-9-13)14-10-17-11-19-14/h4,7-11H,1-3,5-6H2,(H,17,19). The molecule has 0 aromatic carbocycles. The largest absolute Gasteiger partial charge is 0.349 e. The van der Waals surface area contributed by atoms with Gasteiger partial charge in [-0.2, -0.15) is 0 Å². The molecule has 0 radical (unpaired) electrons. The quantitative estimate of drug-likeness (QED) is 0.789. The fraction of sp³-hybridized carbons (Fsp3) is 0.312. The highest BCUT2D eigenvalue weighted by molar-refractivity contribution is 5.97. The van der Waals surface area contributed by atoms with E-state index in [0.717, 1.165) is 42.8 Å². The van der Waals surface area contributed by atoms with Crippen LogP contribution in [0.4, 0.5) is 0 Å². The molecule has 0 atom stereocenters. The van der Waals surface area contributed by atoms with Crippen molar-refractivity contribution >= 4 is 16.9 Å². The van der Waals surface area contributed by atoms with E-state index in [-0.39, 0.29) is 5.91 Å². The number of carbonyl (C=O) groups is 1. The first-order chi connectivity index (χ1) is 10.8. The maximum atomic E-state index is 12.5. The zero-order chi connectivity index (χ0) is 14.9. The average molecular weight is 295 g/mol. The number of aromatic amines is 1. The summed E-state index contributed by atoms with van der Waals surface area (Å²) in [7, 11) is 0. The number of amides is 1. The third-order valence-corrected chi connectivity index (χ3v) is 4.15. The van der Waals surface area contributed by atoms with Gasteiger partial charge in [0.1, 0.15) is 5.65 Å². The van der Waals surface area contributed by atoms with Crippen LogP contribution in [-0.4, -0.2) is 43.4 Å². The van der Waals surface area contributed by atoms with E-state index in [0.29, 0.717) is 5.56 Å². The van der Waals surface area contributed by atoms with Crippen molar-refractivity contribution in [1.29, 1.82) is 0 Å². The van der Waals surface area contributed by atoms with Gasteiger partial charge in [0.2, 0.25) is 0 Å². The van der Waals surface area contributed by atoms with E-state index >= 15 is 0 Å². The predicted molar refractivity (Wildman–Crippen MR) is 83.0 cm³/mol. The summed E-state index contributed by atoms with van der Waals surface area (Å²) in [6.07, 6.45) is 10.4. The Hall–Kier alpha value is -2.63. The van der Waals surface area contributed by atoms with Crippen LogP contribution in [-0.2, 0) is 0 Å². The number of pyridine rings is 1. The van der Waals surface area contributed by atoms with Crippen LogP contribution in [0.3, 0.4) is 0 Å². The van der Waals surface area contributed by atoms with Crippen molar-refractivity contribution < 1.29 is 4.79 Å². The summed E-state index contributed by atoms with van der Waals surface area (Å²) in [5.74, 6) is 0.874. The highest BCUT2D eigenvalue weighted by Crippen LogP contribution is 2.20. The number of aromatic nitrogens is 4. The molecule has 1 fully saturated rings. The van der Waals surface area contributed by atoms with Gasteiger partial charge in [-0.1, -0.05) is 0 Å². The summed E-state index contributed by atoms with van der Waals surface area (Å²) in [6.45, 7) is 1.70. The molecule has 1 aliphatic rings. The lowest BCUT2D eigenvalue weighted by molar-refractivity contribution is 0.0724. The minimum atomic E-state index is 0.0848. The molecule has 1 N–H and O–H groups in total. The lowest BCUT2D eigenvalue weighted by Crippen LogP contribution is -2.35. The lowest BCUT2D eigenvalue weighted by Gasteiger charge is -2.26. The highest BCUT2D eigenvalue weighted by atomic mass is 16.2. The highest BCUT2D eigenvalue weighted by Gasteiger charge is 2.19. The topological polar surface area (TPSA) is 66.8 Å². The molecule has 0 aliphatic carbocycles. The van der Waals surface area contributed by atoms with Gasteiger partial charge in [-0.25, -0.2) is 9.97 Å². The third-order valence-electron chi connectivity index (χ3n) is 4.15. The van der Waals surface area contributed by atoms with Crippen LogP contribution >= 0.6 is 0 Å². The molecule has 0 spiro atoms. The van der Waals surface area contributed by atoms with Crippen LogP contribution in [0, 0.1) is 0 Å². The number of fused-ring (bicyclic) bond motifs is 1. The summed E-state index contributed by atoms with van der Waals surface area (Å²) in [5, 5.41) is 0.950. The van der Waals surface area contributed by atoms with Gasteiger partial charge in [0.05, 0.1) is 11.9 Å². The molecule has 6 nitrogen and oxygen atoms in total. The lowest BCUT2D eigenvalue weighted by atomic mass is 10.1. The second-order valence-corrected chi connectivity index (χ2v) is 5.60. The number of rotatable bonds is 2. The molecule has 1 amide bonds. The van der Waals surface area contributed by atoms with E-state index in [4.69, 9.17) is 0 Å². The van der Waals surface area contributed by atoms with Crippen LogP contribution < -0.4 is 0 Å². The maximum absolute atomic E-state index is 12.5. The normalized spacial score (nSPS) is 15.4. The Kier molecular flexibility index (Phi) is 3.14. The van der Waals surface area contributed by atoms with Crippen molar-refractivity contribution in [3.8, 4) is 5.82 Å². The minimum absolute atomic E-state index is 0.0848. The summed E-state index contributed by atoms with van der Waals surface area (Å²) in [5.41, 5.74) is 1.47. The summed E-state index contributed by atoms with van der Waals surface area (Å²) < 4.78 is 1.90. The number of piperidine rings is 1. The van der Waals surface area contributed by atoms with E-state index < -0.39 is 0 Å². The molecule has 6 heteroatoms. The Bertz CT molecular complexity index is 799. The fourth-order valence-corrected chi connectivity index (χ4v) is 2.99. The third kappa shape index (κ3) is 2.16. The SMILES string of the molecule is O=C(c1cnc2c(ccn2-c2c[nH]cn2)c1)N1CCCCC1. The monoisotopic (exact) mass is 295 g/mol. The summed E-state index contributed by atoms with van der Waals surface area (Å²) >= 11 is 0. The molecule has 0 unspecified atom stereocenters. The van der Waals surface area contributed by atoms with Gasteiger partial charge in [-0.3, -0.25) is 9.36 Å². The Labute approximate surface area is 127 Å². The summed E-state index contributed by atoms with van der Waals surface area (Å²) in [6, 6.07) is 3.88. The molecular formula is C16H17N5O. The number of hydrogen-bond acceptors (Lipinski definition) is 3. The van der Waals surface area contributed by atoms with Crippen molar-refractivity contribution in [2.45, 2.75) is 19.3 Å². The molecule has 4 rings (SSSR count). The first kappa shape index (κ1) is 13.1. The molecule has 112 valence electrons. The van der Waals surface area contributed by atoms with E-state index in [1.54, 1.807) is 12.5 Å². The Morgan fingerprint density at radius 2 is 2.05 bits per heavy atom. The van der Waals surface area contributed by atoms with Gasteiger partial charge in [0.25, 0.3) is 5.91 Å². The molecule has 3 aromatic rings. The summed E-state index contributed by atoms with van der Waals surface area (Å²) in [4.78, 5) is 26.1. The molecular weight excluding hydrogens is 278 g/mol. The van der Waals surface area contributed by atoms with Gasteiger partial charge in [-0.15, -0.1) is 0 Å². The second-order valence-electron chi connectivity index (χ2n) is 5.60. The van der Waals surface area contributed by atoms with Gasteiger partial charge in [0.15, 0.2) is 5.82 Å². The molecule has 3 aromatic heterocycles. The van der Waals surface area contributed by atoms with Gasteiger partial charge in [0, 0.05) is 37.1 Å². The van der Waals surface area contributed by atoms with Crippen LogP contribution in [0.15, 0.2) is 37.1 Å². The van der Waals surface area contributed by atoms with Gasteiger partial charge < -0.3 is 9.88 Å². The molecule has 1 saturated heterocycles. The van der Waals surface area contributed by atoms with Crippen molar-refractivity contribution in [2.75, 3.05) is 13.1 Å². The molecule has 1 aliphatic heterocycles. The fourth-order valence-electron chi connectivity index (χ4n) is 2.99. The number of likely N-dealkylation sites (tertiary alicyclic amines) is 1. The zero-order valence-electron chi connectivity index (χ0n) is 12.2. The number of imidazole rings is 1. The van der Waals surface area contributed by atoms with Crippen molar-refractivity contribution in [3.05, 3.63) is 42.6 Å². The Morgan fingerprint density at radius 3 is 2.82 bits per heavy atom. The number of hydrogen-bond donors (Lipinski definition) is 1. The Balaban J connectivity index is 1.68. The maximum Gasteiger partial charge on any atom is 0.255 e. The molecule has 4 heterocycles. The van der Waals surface area contributed by atoms with Crippen molar-refractivity contribution in [3.63, 3.8) is 0 Å². The van der Waals surface area contributed by atoms with Crippen LogP contribution in [0.2, 0.25) is 0 Å². The number of nitrogens with one attached hydrogen (secondary N) is 1. The first-order valence-electron chi connectivity index (χ1n) is 7.58. The van der Waals surface area contributed by atoms with Gasteiger partial charge in [-0.05, 0) is 31.4 Å². The molecule has 0 bridgehead atoms. The van der Waals surface area contributed by atoms with E-state index in [9.17, 15) is 4.79 Å². The van der Waals surface area contributed by atoms with Crippen LogP contribution in [0.25, 0.3) is 16.9 Å². The predicted octanol–water partition coefficient (Wildman–Crippen LogP) is 2.37. The zero-order valence-corrected chi connectivity index (χ0v) is 12.2. The smallest absolute Gasteiger partial charge is 0.255 e. The second kappa shape index (κ2) is 5.29. The molecule has 22 heavy (non-hydrogen) atoms.